The Morgan fingerprint density at radius 2 is 1.82 bits per heavy atom. The second-order valence-electron chi connectivity index (χ2n) is 6.73. The predicted octanol–water partition coefficient (Wildman–Crippen LogP) is 3.33. The van der Waals surface area contributed by atoms with Gasteiger partial charge >= 0.3 is 0 Å². The van der Waals surface area contributed by atoms with Gasteiger partial charge in [0.25, 0.3) is 0 Å². The maximum atomic E-state index is 10.4. The van der Waals surface area contributed by atoms with E-state index in [9.17, 15) is 15.3 Å². The Kier molecular flexibility index (Phi) is 8.61. The van der Waals surface area contributed by atoms with Gasteiger partial charge in [-0.1, -0.05) is 49.2 Å². The van der Waals surface area contributed by atoms with Crippen molar-refractivity contribution in [2.45, 2.75) is 44.7 Å². The van der Waals surface area contributed by atoms with Gasteiger partial charge in [0.1, 0.15) is 5.75 Å². The number of nitrogens with one attached hydrogen (secondary N) is 1. The fourth-order valence-electron chi connectivity index (χ4n) is 2.86. The highest BCUT2D eigenvalue weighted by Crippen LogP contribution is 2.22. The van der Waals surface area contributed by atoms with Crippen LogP contribution in [0.1, 0.15) is 52.6 Å². The number of phenols is 1. The first-order chi connectivity index (χ1) is 14.7. The molecule has 0 amide bonds. The van der Waals surface area contributed by atoms with Crippen LogP contribution in [0.5, 0.6) is 5.75 Å². The maximum Gasteiger partial charge on any atom is 0.121 e. The van der Waals surface area contributed by atoms with E-state index in [1.807, 2.05) is 18.2 Å². The molecule has 0 saturated carbocycles. The Morgan fingerprint density at radius 3 is 2.61 bits per heavy atom. The van der Waals surface area contributed by atoms with Crippen molar-refractivity contribution in [2.75, 3.05) is 26.3 Å². The summed E-state index contributed by atoms with van der Waals surface area (Å²) < 4.78 is 28.4. The third-order valence-electron chi connectivity index (χ3n) is 4.51. The molecular weight excluding hydrogens is 354 g/mol. The molecule has 28 heavy (non-hydrogen) atoms. The fourth-order valence-corrected chi connectivity index (χ4v) is 2.86. The molecule has 5 heteroatoms. The van der Waals surface area contributed by atoms with E-state index in [0.29, 0.717) is 6.54 Å². The van der Waals surface area contributed by atoms with Gasteiger partial charge in [-0.3, -0.25) is 0 Å². The zero-order chi connectivity index (χ0) is 22.7. The monoisotopic (exact) mass is 390 g/mol. The van der Waals surface area contributed by atoms with E-state index in [-0.39, 0.29) is 17.7 Å². The molecule has 5 nitrogen and oxygen atoms in total. The Labute approximate surface area is 172 Å². The van der Waals surface area contributed by atoms with Crippen LogP contribution in [0, 0.1) is 0 Å². The summed E-state index contributed by atoms with van der Waals surface area (Å²) in [6.45, 7) is -0.691. The molecule has 2 aromatic rings. The average molecular weight is 391 g/mol. The average Bonchev–Trinajstić information content (AvgIpc) is 2.72. The smallest absolute Gasteiger partial charge is 0.121 e. The first-order valence-electron chi connectivity index (χ1n) is 11.3. The summed E-state index contributed by atoms with van der Waals surface area (Å²) in [5.41, 5.74) is 1.00. The normalized spacial score (nSPS) is 15.4. The number of aliphatic hydroxyl groups is 2. The number of hydrogen-bond acceptors (Lipinski definition) is 5. The van der Waals surface area contributed by atoms with E-state index in [1.54, 1.807) is 0 Å². The Bertz CT molecular complexity index is 782. The van der Waals surface area contributed by atoms with Crippen molar-refractivity contribution in [3.63, 3.8) is 0 Å². The van der Waals surface area contributed by atoms with Crippen molar-refractivity contribution >= 4 is 0 Å². The third-order valence-corrected chi connectivity index (χ3v) is 4.51. The van der Waals surface area contributed by atoms with E-state index >= 15 is 0 Å². The molecule has 0 aliphatic heterocycles. The summed E-state index contributed by atoms with van der Waals surface area (Å²) >= 11 is 0. The van der Waals surface area contributed by atoms with Crippen LogP contribution in [-0.4, -0.2) is 41.6 Å². The van der Waals surface area contributed by atoms with Crippen molar-refractivity contribution in [3.8, 4) is 5.75 Å². The lowest BCUT2D eigenvalue weighted by molar-refractivity contribution is 0.133. The lowest BCUT2D eigenvalue weighted by Gasteiger charge is -2.14. The molecule has 0 aliphatic rings. The van der Waals surface area contributed by atoms with E-state index in [1.165, 1.54) is 17.7 Å². The Hall–Kier alpha value is -1.92. The highest BCUT2D eigenvalue weighted by molar-refractivity contribution is 5.36. The minimum absolute atomic E-state index is 0.0474. The van der Waals surface area contributed by atoms with Crippen molar-refractivity contribution < 1.29 is 24.2 Å². The molecule has 0 spiro atoms. The highest BCUT2D eigenvalue weighted by Gasteiger charge is 2.09. The van der Waals surface area contributed by atoms with Gasteiger partial charge in [-0.25, -0.2) is 0 Å². The van der Waals surface area contributed by atoms with Crippen LogP contribution in [-0.2, 0) is 17.7 Å². The van der Waals surface area contributed by atoms with Crippen molar-refractivity contribution in [3.05, 3.63) is 65.2 Å². The third kappa shape index (κ3) is 8.40. The summed E-state index contributed by atoms with van der Waals surface area (Å²) in [7, 11) is 0. The molecule has 0 heterocycles. The van der Waals surface area contributed by atoms with Crippen LogP contribution >= 0.6 is 0 Å². The summed E-state index contributed by atoms with van der Waals surface area (Å²) in [5, 5.41) is 32.6. The fraction of sp³-hybridized carbons (Fsp3) is 0.478. The molecule has 1 atom stereocenters. The first kappa shape index (κ1) is 18.1. The van der Waals surface area contributed by atoms with Crippen LogP contribution < -0.4 is 5.32 Å². The van der Waals surface area contributed by atoms with Crippen LogP contribution in [0.25, 0.3) is 0 Å². The van der Waals surface area contributed by atoms with Gasteiger partial charge in [-0.05, 0) is 49.1 Å². The van der Waals surface area contributed by atoms with E-state index in [2.05, 4.69) is 17.4 Å². The zero-order valence-electron chi connectivity index (χ0n) is 19.2. The van der Waals surface area contributed by atoms with Gasteiger partial charge in [0, 0.05) is 18.7 Å². The van der Waals surface area contributed by atoms with Gasteiger partial charge in [0.15, 0.2) is 0 Å². The molecule has 0 bridgehead atoms. The van der Waals surface area contributed by atoms with E-state index < -0.39 is 18.4 Å². The first-order valence-corrected chi connectivity index (χ1v) is 9.81. The molecule has 0 fully saturated rings. The minimum Gasteiger partial charge on any atom is -0.508 e. The molecule has 1 unspecified atom stereocenters. The zero-order valence-corrected chi connectivity index (χ0v) is 16.2. The Balaban J connectivity index is 1.57. The lowest BCUT2D eigenvalue weighted by atomic mass is 10.1. The van der Waals surface area contributed by atoms with Crippen LogP contribution in [0.2, 0.25) is 0 Å². The van der Waals surface area contributed by atoms with E-state index in [0.717, 1.165) is 51.4 Å². The molecule has 154 valence electrons. The highest BCUT2D eigenvalue weighted by atomic mass is 16.5. The minimum atomic E-state index is -2.76. The molecule has 4 N–H and O–H groups in total. The van der Waals surface area contributed by atoms with Gasteiger partial charge in [-0.2, -0.15) is 0 Å². The summed E-state index contributed by atoms with van der Waals surface area (Å²) in [4.78, 5) is 0. The number of ether oxygens (including phenoxy) is 1. The van der Waals surface area contributed by atoms with Crippen LogP contribution in [0.3, 0.4) is 0 Å². The van der Waals surface area contributed by atoms with Gasteiger partial charge in [0.2, 0.25) is 0 Å². The standard InChI is InChI=1S/C23H33NO4/c25-18-21-16-20(10-11-22(21)26)23(27)17-24-13-6-1-2-7-14-28-15-12-19-8-4-3-5-9-19/h3-5,8-11,16,23-27H,1-2,6-7,12-15,17-18H2/i18D2,23D. The van der Waals surface area contributed by atoms with Gasteiger partial charge < -0.3 is 25.4 Å². The second kappa shape index (κ2) is 13.3. The second-order valence-corrected chi connectivity index (χ2v) is 6.73. The van der Waals surface area contributed by atoms with Gasteiger partial charge in [-0.15, -0.1) is 0 Å². The Morgan fingerprint density at radius 1 is 1.04 bits per heavy atom. The number of hydrogen-bond donors (Lipinski definition) is 4. The number of aromatic hydroxyl groups is 1. The molecule has 0 saturated heterocycles. The summed E-state index contributed by atoms with van der Waals surface area (Å²) in [5.74, 6) is -0.427. The lowest BCUT2D eigenvalue weighted by Crippen LogP contribution is -2.22. The van der Waals surface area contributed by atoms with Gasteiger partial charge in [0.05, 0.1) is 23.4 Å². The number of unbranched alkanes of at least 4 members (excludes halogenated alkanes) is 3. The molecule has 0 radical (unpaired) electrons. The van der Waals surface area contributed by atoms with Crippen molar-refractivity contribution in [2.24, 2.45) is 0 Å². The summed E-state index contributed by atoms with van der Waals surface area (Å²) in [6, 6.07) is 13.9. The largest absolute Gasteiger partial charge is 0.508 e. The number of benzene rings is 2. The number of rotatable bonds is 14. The van der Waals surface area contributed by atoms with Crippen molar-refractivity contribution in [1.29, 1.82) is 0 Å². The van der Waals surface area contributed by atoms with E-state index in [4.69, 9.17) is 8.85 Å². The molecular formula is C23H33NO4. The topological polar surface area (TPSA) is 82.0 Å². The SMILES string of the molecule is [2H]C([2H])(O)c1cc(C([2H])(O)CNCCCCCCOCCc2ccccc2)ccc1O. The molecule has 2 rings (SSSR count). The molecule has 0 aromatic heterocycles. The molecule has 2 aromatic carbocycles. The molecule has 0 aliphatic carbocycles. The van der Waals surface area contributed by atoms with Crippen molar-refractivity contribution in [1.82, 2.24) is 5.32 Å². The van der Waals surface area contributed by atoms with Crippen LogP contribution in [0.15, 0.2) is 48.5 Å². The maximum absolute atomic E-state index is 10.4. The summed E-state index contributed by atoms with van der Waals surface area (Å²) in [6.07, 6.45) is 2.88. The predicted molar refractivity (Wildman–Crippen MR) is 111 cm³/mol. The quantitative estimate of drug-likeness (QED) is 0.372. The van der Waals surface area contributed by atoms with Crippen LogP contribution in [0.4, 0.5) is 0 Å².